The highest BCUT2D eigenvalue weighted by Crippen LogP contribution is 2.19. The van der Waals surface area contributed by atoms with Gasteiger partial charge in [0.25, 0.3) is 0 Å². The molecule has 6 heteroatoms. The normalized spacial score (nSPS) is 19.4. The minimum atomic E-state index is -0.303. The van der Waals surface area contributed by atoms with Gasteiger partial charge in [0, 0.05) is 26.2 Å². The minimum absolute atomic E-state index is 0. The number of ether oxygens (including phenoxy) is 2. The van der Waals surface area contributed by atoms with Gasteiger partial charge < -0.3 is 15.2 Å². The van der Waals surface area contributed by atoms with Crippen LogP contribution >= 0.6 is 12.4 Å². The van der Waals surface area contributed by atoms with Crippen LogP contribution in [-0.4, -0.2) is 43.9 Å². The standard InChI is InChI=1S/C14H21FN2O2.ClH/c1-2-18-14-4-3-11(7-13(14)15)9-17-5-6-19-12(8-16)10-17;/h3-4,7,12H,2,5-6,8-10,16H2,1H3;1H. The van der Waals surface area contributed by atoms with Crippen molar-refractivity contribution in [2.45, 2.75) is 19.6 Å². The Bertz CT molecular complexity index is 420. The summed E-state index contributed by atoms with van der Waals surface area (Å²) < 4.78 is 24.4. The Balaban J connectivity index is 0.00000200. The molecule has 0 aromatic heterocycles. The van der Waals surface area contributed by atoms with E-state index in [1.54, 1.807) is 6.07 Å². The molecule has 1 saturated heterocycles. The number of hydrogen-bond donors (Lipinski definition) is 1. The molecule has 1 aromatic carbocycles. The maximum absolute atomic E-state index is 13.7. The Hall–Kier alpha value is -0.880. The summed E-state index contributed by atoms with van der Waals surface area (Å²) in [6, 6.07) is 5.13. The number of hydrogen-bond acceptors (Lipinski definition) is 4. The highest BCUT2D eigenvalue weighted by atomic mass is 35.5. The summed E-state index contributed by atoms with van der Waals surface area (Å²) in [5, 5.41) is 0. The molecule has 1 aliphatic rings. The second-order valence-electron chi connectivity index (χ2n) is 4.66. The molecule has 1 atom stereocenters. The molecule has 1 aromatic rings. The fourth-order valence-corrected chi connectivity index (χ4v) is 2.24. The van der Waals surface area contributed by atoms with Crippen LogP contribution in [0.2, 0.25) is 0 Å². The quantitative estimate of drug-likeness (QED) is 0.901. The van der Waals surface area contributed by atoms with E-state index in [4.69, 9.17) is 15.2 Å². The van der Waals surface area contributed by atoms with Crippen LogP contribution in [0.4, 0.5) is 4.39 Å². The van der Waals surface area contributed by atoms with E-state index in [1.807, 2.05) is 13.0 Å². The molecule has 0 bridgehead atoms. The highest BCUT2D eigenvalue weighted by molar-refractivity contribution is 5.85. The van der Waals surface area contributed by atoms with E-state index in [0.717, 1.165) is 18.7 Å². The van der Waals surface area contributed by atoms with Gasteiger partial charge in [-0.05, 0) is 24.6 Å². The van der Waals surface area contributed by atoms with Crippen molar-refractivity contribution in [2.24, 2.45) is 5.73 Å². The van der Waals surface area contributed by atoms with E-state index in [0.29, 0.717) is 32.1 Å². The van der Waals surface area contributed by atoms with Crippen LogP contribution in [0.5, 0.6) is 5.75 Å². The van der Waals surface area contributed by atoms with Gasteiger partial charge in [-0.2, -0.15) is 0 Å². The lowest BCUT2D eigenvalue weighted by Crippen LogP contribution is -2.45. The van der Waals surface area contributed by atoms with E-state index in [-0.39, 0.29) is 24.3 Å². The maximum atomic E-state index is 13.7. The third-order valence-corrected chi connectivity index (χ3v) is 3.19. The van der Waals surface area contributed by atoms with E-state index in [9.17, 15) is 4.39 Å². The smallest absolute Gasteiger partial charge is 0.165 e. The molecule has 4 nitrogen and oxygen atoms in total. The zero-order chi connectivity index (χ0) is 13.7. The summed E-state index contributed by atoms with van der Waals surface area (Å²) in [5.74, 6) is 0.0102. The molecular formula is C14H22ClFN2O2. The van der Waals surface area contributed by atoms with Crippen LogP contribution in [0.3, 0.4) is 0 Å². The number of nitrogens with two attached hydrogens (primary N) is 1. The third kappa shape index (κ3) is 4.59. The van der Waals surface area contributed by atoms with E-state index >= 15 is 0 Å². The predicted molar refractivity (Wildman–Crippen MR) is 78.9 cm³/mol. The van der Waals surface area contributed by atoms with Gasteiger partial charge in [-0.15, -0.1) is 12.4 Å². The fourth-order valence-electron chi connectivity index (χ4n) is 2.24. The van der Waals surface area contributed by atoms with Crippen molar-refractivity contribution in [3.63, 3.8) is 0 Å². The van der Waals surface area contributed by atoms with Crippen molar-refractivity contribution < 1.29 is 13.9 Å². The molecule has 1 aliphatic heterocycles. The summed E-state index contributed by atoms with van der Waals surface area (Å²) in [6.45, 7) is 5.88. The van der Waals surface area contributed by atoms with Gasteiger partial charge in [-0.3, -0.25) is 4.90 Å². The number of morpholine rings is 1. The lowest BCUT2D eigenvalue weighted by atomic mass is 10.1. The van der Waals surface area contributed by atoms with Gasteiger partial charge in [0.1, 0.15) is 0 Å². The first kappa shape index (κ1) is 17.2. The number of benzene rings is 1. The molecule has 0 amide bonds. The summed E-state index contributed by atoms with van der Waals surface area (Å²) in [4.78, 5) is 2.23. The molecular weight excluding hydrogens is 283 g/mol. The van der Waals surface area contributed by atoms with Crippen LogP contribution in [0.25, 0.3) is 0 Å². The summed E-state index contributed by atoms with van der Waals surface area (Å²) in [7, 11) is 0. The highest BCUT2D eigenvalue weighted by Gasteiger charge is 2.19. The van der Waals surface area contributed by atoms with Crippen LogP contribution < -0.4 is 10.5 Å². The van der Waals surface area contributed by atoms with Crippen LogP contribution in [0, 0.1) is 5.82 Å². The van der Waals surface area contributed by atoms with E-state index in [2.05, 4.69) is 4.90 Å². The molecule has 0 saturated carbocycles. The molecule has 1 unspecified atom stereocenters. The van der Waals surface area contributed by atoms with Gasteiger partial charge >= 0.3 is 0 Å². The molecule has 1 heterocycles. The predicted octanol–water partition coefficient (Wildman–Crippen LogP) is 1.81. The topological polar surface area (TPSA) is 47.7 Å². The molecule has 0 spiro atoms. The van der Waals surface area contributed by atoms with E-state index < -0.39 is 0 Å². The lowest BCUT2D eigenvalue weighted by molar-refractivity contribution is -0.0260. The molecule has 20 heavy (non-hydrogen) atoms. The minimum Gasteiger partial charge on any atom is -0.491 e. The lowest BCUT2D eigenvalue weighted by Gasteiger charge is -2.32. The number of nitrogens with zero attached hydrogens (tertiary/aromatic N) is 1. The Morgan fingerprint density at radius 2 is 2.30 bits per heavy atom. The number of halogens is 2. The van der Waals surface area contributed by atoms with Gasteiger partial charge in [0.05, 0.1) is 19.3 Å². The first-order valence-electron chi connectivity index (χ1n) is 6.68. The van der Waals surface area contributed by atoms with Crippen molar-refractivity contribution in [3.8, 4) is 5.75 Å². The van der Waals surface area contributed by atoms with Gasteiger partial charge in [-0.1, -0.05) is 6.07 Å². The molecule has 1 fully saturated rings. The molecule has 2 rings (SSSR count). The SMILES string of the molecule is CCOc1ccc(CN2CCOC(CN)C2)cc1F.Cl. The van der Waals surface area contributed by atoms with Gasteiger partial charge in [0.2, 0.25) is 0 Å². The molecule has 2 N–H and O–H groups in total. The Morgan fingerprint density at radius 3 is 2.95 bits per heavy atom. The Morgan fingerprint density at radius 1 is 1.50 bits per heavy atom. The average Bonchev–Trinajstić information content (AvgIpc) is 2.42. The third-order valence-electron chi connectivity index (χ3n) is 3.19. The molecule has 0 radical (unpaired) electrons. The zero-order valence-corrected chi connectivity index (χ0v) is 12.5. The number of rotatable bonds is 5. The average molecular weight is 305 g/mol. The maximum Gasteiger partial charge on any atom is 0.165 e. The first-order chi connectivity index (χ1) is 9.22. The second-order valence-corrected chi connectivity index (χ2v) is 4.66. The second kappa shape index (κ2) is 8.42. The van der Waals surface area contributed by atoms with Gasteiger partial charge in [0.15, 0.2) is 11.6 Å². The molecule has 0 aliphatic carbocycles. The summed E-state index contributed by atoms with van der Waals surface area (Å²) in [5.41, 5.74) is 6.55. The molecule has 114 valence electrons. The van der Waals surface area contributed by atoms with Crippen molar-refractivity contribution in [2.75, 3.05) is 32.8 Å². The van der Waals surface area contributed by atoms with Crippen molar-refractivity contribution >= 4 is 12.4 Å². The Labute approximate surface area is 125 Å². The largest absolute Gasteiger partial charge is 0.491 e. The van der Waals surface area contributed by atoms with Crippen LogP contribution in [0.15, 0.2) is 18.2 Å². The van der Waals surface area contributed by atoms with Crippen molar-refractivity contribution in [1.29, 1.82) is 0 Å². The summed E-state index contributed by atoms with van der Waals surface area (Å²) >= 11 is 0. The first-order valence-corrected chi connectivity index (χ1v) is 6.68. The van der Waals surface area contributed by atoms with Crippen molar-refractivity contribution in [3.05, 3.63) is 29.6 Å². The summed E-state index contributed by atoms with van der Waals surface area (Å²) in [6.07, 6.45) is 0.0845. The zero-order valence-electron chi connectivity index (χ0n) is 11.7. The van der Waals surface area contributed by atoms with Crippen LogP contribution in [-0.2, 0) is 11.3 Å². The fraction of sp³-hybridized carbons (Fsp3) is 0.571. The van der Waals surface area contributed by atoms with E-state index in [1.165, 1.54) is 6.07 Å². The monoisotopic (exact) mass is 304 g/mol. The Kier molecular flexibility index (Phi) is 7.23. The van der Waals surface area contributed by atoms with Gasteiger partial charge in [-0.25, -0.2) is 4.39 Å². The van der Waals surface area contributed by atoms with Crippen LogP contribution in [0.1, 0.15) is 12.5 Å². The van der Waals surface area contributed by atoms with Crippen molar-refractivity contribution in [1.82, 2.24) is 4.90 Å².